The third-order valence-corrected chi connectivity index (χ3v) is 9.34. The Hall–Kier alpha value is -2.49. The fraction of sp³-hybridized carbons (Fsp3) is 0.310. The van der Waals surface area contributed by atoms with Crippen molar-refractivity contribution in [1.29, 1.82) is 0 Å². The van der Waals surface area contributed by atoms with Gasteiger partial charge in [0.25, 0.3) is 10.0 Å². The van der Waals surface area contributed by atoms with Crippen molar-refractivity contribution in [1.82, 2.24) is 10.2 Å². The highest BCUT2D eigenvalue weighted by Crippen LogP contribution is 2.31. The second-order valence-corrected chi connectivity index (χ2v) is 13.0. The fourth-order valence-electron chi connectivity index (χ4n) is 4.02. The van der Waals surface area contributed by atoms with Gasteiger partial charge in [0.05, 0.1) is 10.6 Å². The summed E-state index contributed by atoms with van der Waals surface area (Å²) in [5.41, 5.74) is 1.38. The van der Waals surface area contributed by atoms with Gasteiger partial charge in [-0.1, -0.05) is 83.5 Å². The Morgan fingerprint density at radius 3 is 2.07 bits per heavy atom. The van der Waals surface area contributed by atoms with Crippen LogP contribution < -0.4 is 9.62 Å². The minimum Gasteiger partial charge on any atom is -0.354 e. The van der Waals surface area contributed by atoms with E-state index in [0.29, 0.717) is 22.2 Å². The minimum atomic E-state index is -4.27. The summed E-state index contributed by atoms with van der Waals surface area (Å²) in [6.07, 6.45) is 1.64. The second kappa shape index (κ2) is 14.6. The molecular weight excluding hydrogens is 628 g/mol. The van der Waals surface area contributed by atoms with Gasteiger partial charge in [-0.2, -0.15) is 0 Å². The van der Waals surface area contributed by atoms with Gasteiger partial charge in [0.2, 0.25) is 11.8 Å². The monoisotopic (exact) mass is 657 g/mol. The SMILES string of the molecule is CCCCNC(=O)[C@@H](C)N(Cc1c(Cl)cccc1Cl)C(=O)CN(c1cc(Cl)cc(Cl)c1)S(=O)(=O)c1ccc(C)cc1. The third kappa shape index (κ3) is 8.52. The number of aryl methyl sites for hydroxylation is 1. The zero-order valence-electron chi connectivity index (χ0n) is 22.8. The summed E-state index contributed by atoms with van der Waals surface area (Å²) in [7, 11) is -4.27. The predicted molar refractivity (Wildman–Crippen MR) is 167 cm³/mol. The molecule has 41 heavy (non-hydrogen) atoms. The summed E-state index contributed by atoms with van der Waals surface area (Å²) in [6, 6.07) is 14.4. The fourth-order valence-corrected chi connectivity index (χ4v) is 6.45. The number of nitrogens with one attached hydrogen (secondary N) is 1. The molecule has 0 bridgehead atoms. The highest BCUT2D eigenvalue weighted by molar-refractivity contribution is 7.92. The van der Waals surface area contributed by atoms with Crippen molar-refractivity contribution in [2.75, 3.05) is 17.4 Å². The van der Waals surface area contributed by atoms with Crippen LogP contribution in [0.4, 0.5) is 5.69 Å². The van der Waals surface area contributed by atoms with Crippen molar-refractivity contribution in [3.63, 3.8) is 0 Å². The van der Waals surface area contributed by atoms with E-state index in [0.717, 1.165) is 22.7 Å². The molecule has 0 radical (unpaired) electrons. The van der Waals surface area contributed by atoms with E-state index >= 15 is 0 Å². The minimum absolute atomic E-state index is 0.0296. The highest BCUT2D eigenvalue weighted by atomic mass is 35.5. The van der Waals surface area contributed by atoms with Crippen molar-refractivity contribution >= 4 is 73.9 Å². The van der Waals surface area contributed by atoms with Crippen molar-refractivity contribution in [2.45, 2.75) is 51.1 Å². The molecule has 0 unspecified atom stereocenters. The van der Waals surface area contributed by atoms with E-state index in [1.54, 1.807) is 37.3 Å². The van der Waals surface area contributed by atoms with Crippen LogP contribution in [0, 0.1) is 6.92 Å². The van der Waals surface area contributed by atoms with E-state index in [9.17, 15) is 18.0 Å². The topological polar surface area (TPSA) is 86.8 Å². The molecule has 0 heterocycles. The van der Waals surface area contributed by atoms with Gasteiger partial charge in [0.15, 0.2) is 0 Å². The molecule has 0 saturated heterocycles. The molecular formula is C29H31Cl4N3O4S. The Morgan fingerprint density at radius 2 is 1.51 bits per heavy atom. The molecule has 0 saturated carbocycles. The van der Waals surface area contributed by atoms with Gasteiger partial charge in [-0.25, -0.2) is 8.42 Å². The number of hydrogen-bond donors (Lipinski definition) is 1. The Kier molecular flexibility index (Phi) is 11.8. The Bertz CT molecular complexity index is 1460. The van der Waals surface area contributed by atoms with E-state index in [2.05, 4.69) is 5.32 Å². The molecule has 2 amide bonds. The number of nitrogens with zero attached hydrogens (tertiary/aromatic N) is 2. The van der Waals surface area contributed by atoms with Crippen LogP contribution in [0.25, 0.3) is 0 Å². The molecule has 3 aromatic carbocycles. The molecule has 1 N–H and O–H groups in total. The number of halogens is 4. The molecule has 12 heteroatoms. The zero-order chi connectivity index (χ0) is 30.3. The van der Waals surface area contributed by atoms with E-state index in [-0.39, 0.29) is 27.2 Å². The summed E-state index contributed by atoms with van der Waals surface area (Å²) >= 11 is 25.3. The number of amides is 2. The molecule has 0 aliphatic carbocycles. The van der Waals surface area contributed by atoms with Crippen LogP contribution in [0.2, 0.25) is 20.1 Å². The molecule has 3 rings (SSSR count). The summed E-state index contributed by atoms with van der Waals surface area (Å²) in [6.45, 7) is 5.05. The standard InChI is InChI=1S/C29H31Cl4N3O4S/c1-4-5-13-34-29(38)20(3)35(17-25-26(32)7-6-8-27(25)33)28(37)18-36(23-15-21(30)14-22(31)16-23)41(39,40)24-11-9-19(2)10-12-24/h6-12,14-16,20H,4-5,13,17-18H2,1-3H3,(H,34,38)/t20-/m1/s1. The van der Waals surface area contributed by atoms with E-state index in [1.165, 1.54) is 35.2 Å². The first kappa shape index (κ1) is 33.0. The first-order valence-corrected chi connectivity index (χ1v) is 15.9. The average molecular weight is 659 g/mol. The van der Waals surface area contributed by atoms with E-state index in [4.69, 9.17) is 46.4 Å². The smallest absolute Gasteiger partial charge is 0.264 e. The largest absolute Gasteiger partial charge is 0.354 e. The van der Waals surface area contributed by atoms with Gasteiger partial charge in [-0.05, 0) is 62.7 Å². The number of rotatable bonds is 12. The average Bonchev–Trinajstić information content (AvgIpc) is 2.90. The maximum atomic E-state index is 14.0. The lowest BCUT2D eigenvalue weighted by atomic mass is 10.1. The summed E-state index contributed by atoms with van der Waals surface area (Å²) < 4.78 is 28.8. The van der Waals surface area contributed by atoms with E-state index < -0.39 is 34.4 Å². The third-order valence-electron chi connectivity index (χ3n) is 6.41. The van der Waals surface area contributed by atoms with Gasteiger partial charge in [0, 0.05) is 38.7 Å². The molecule has 0 aromatic heterocycles. The summed E-state index contributed by atoms with van der Waals surface area (Å²) in [5, 5.41) is 3.81. The highest BCUT2D eigenvalue weighted by Gasteiger charge is 2.33. The lowest BCUT2D eigenvalue weighted by Gasteiger charge is -2.32. The van der Waals surface area contributed by atoms with Gasteiger partial charge in [-0.3, -0.25) is 13.9 Å². The number of benzene rings is 3. The van der Waals surface area contributed by atoms with Crippen LogP contribution in [0.3, 0.4) is 0 Å². The van der Waals surface area contributed by atoms with Crippen molar-refractivity contribution < 1.29 is 18.0 Å². The summed E-state index contributed by atoms with van der Waals surface area (Å²) in [4.78, 5) is 28.3. The first-order chi connectivity index (χ1) is 19.3. The number of hydrogen-bond acceptors (Lipinski definition) is 4. The number of sulfonamides is 1. The molecule has 0 aliphatic rings. The molecule has 220 valence electrons. The maximum Gasteiger partial charge on any atom is 0.264 e. The van der Waals surface area contributed by atoms with Gasteiger partial charge >= 0.3 is 0 Å². The quantitative estimate of drug-likeness (QED) is 0.210. The van der Waals surface area contributed by atoms with Crippen LogP contribution >= 0.6 is 46.4 Å². The number of carbonyl (C=O) groups is 2. The molecule has 0 spiro atoms. The van der Waals surface area contributed by atoms with Crippen molar-refractivity contribution in [3.05, 3.63) is 91.9 Å². The predicted octanol–water partition coefficient (Wildman–Crippen LogP) is 7.14. The van der Waals surface area contributed by atoms with Crippen LogP contribution in [0.5, 0.6) is 0 Å². The molecule has 1 atom stereocenters. The molecule has 7 nitrogen and oxygen atoms in total. The molecule has 0 fully saturated rings. The maximum absolute atomic E-state index is 14.0. The van der Waals surface area contributed by atoms with Crippen molar-refractivity contribution in [2.24, 2.45) is 0 Å². The number of carbonyl (C=O) groups excluding carboxylic acids is 2. The molecule has 0 aliphatic heterocycles. The second-order valence-electron chi connectivity index (χ2n) is 9.49. The van der Waals surface area contributed by atoms with Crippen molar-refractivity contribution in [3.8, 4) is 0 Å². The van der Waals surface area contributed by atoms with Gasteiger partial charge in [-0.15, -0.1) is 0 Å². The Balaban J connectivity index is 2.07. The normalized spacial score (nSPS) is 12.1. The first-order valence-electron chi connectivity index (χ1n) is 12.9. The van der Waals surface area contributed by atoms with Crippen LogP contribution in [-0.4, -0.2) is 44.3 Å². The van der Waals surface area contributed by atoms with Crippen LogP contribution in [0.15, 0.2) is 65.6 Å². The van der Waals surface area contributed by atoms with Gasteiger partial charge in [0.1, 0.15) is 12.6 Å². The Morgan fingerprint density at radius 1 is 0.927 bits per heavy atom. The van der Waals surface area contributed by atoms with Crippen LogP contribution in [0.1, 0.15) is 37.8 Å². The zero-order valence-corrected chi connectivity index (χ0v) is 26.7. The lowest BCUT2D eigenvalue weighted by Crippen LogP contribution is -2.51. The molecule has 3 aromatic rings. The number of anilines is 1. The van der Waals surface area contributed by atoms with E-state index in [1.807, 2.05) is 13.8 Å². The number of unbranched alkanes of at least 4 members (excludes halogenated alkanes) is 1. The summed E-state index contributed by atoms with van der Waals surface area (Å²) in [5.74, 6) is -1.06. The van der Waals surface area contributed by atoms with Crippen LogP contribution in [-0.2, 0) is 26.2 Å². The van der Waals surface area contributed by atoms with Gasteiger partial charge < -0.3 is 10.2 Å². The Labute approximate surface area is 261 Å². The lowest BCUT2D eigenvalue weighted by molar-refractivity contribution is -0.139.